The zero-order valence-corrected chi connectivity index (χ0v) is 19.6. The minimum Gasteiger partial charge on any atom is -0.373 e. The standard InChI is InChI=1S/C27H38N4O/c1-21-10-12-23(13-11-21)26-24(9-6-18-32-26)19-29-27(28-2)30-25-14-16-31(17-15-25)20-22-7-4-3-5-8-22/h3-5,7-8,10-13,24-26H,6,9,14-20H2,1-2H3,(H2,28,29,30). The molecule has 2 saturated heterocycles. The predicted octanol–water partition coefficient (Wildman–Crippen LogP) is 4.29. The average Bonchev–Trinajstić information content (AvgIpc) is 2.84. The van der Waals surface area contributed by atoms with Crippen molar-refractivity contribution < 1.29 is 4.74 Å². The van der Waals surface area contributed by atoms with Gasteiger partial charge in [-0.05, 0) is 43.7 Å². The van der Waals surface area contributed by atoms with Crippen LogP contribution in [-0.4, -0.2) is 50.2 Å². The lowest BCUT2D eigenvalue weighted by molar-refractivity contribution is -0.0265. The van der Waals surface area contributed by atoms with Gasteiger partial charge >= 0.3 is 0 Å². The van der Waals surface area contributed by atoms with Gasteiger partial charge in [0.25, 0.3) is 0 Å². The first-order chi connectivity index (χ1) is 15.7. The summed E-state index contributed by atoms with van der Waals surface area (Å²) in [7, 11) is 1.87. The number of hydrogen-bond donors (Lipinski definition) is 2. The molecule has 0 radical (unpaired) electrons. The molecule has 2 N–H and O–H groups in total. The Morgan fingerprint density at radius 2 is 1.78 bits per heavy atom. The lowest BCUT2D eigenvalue weighted by Gasteiger charge is -2.34. The van der Waals surface area contributed by atoms with Crippen molar-refractivity contribution in [3.63, 3.8) is 0 Å². The topological polar surface area (TPSA) is 48.9 Å². The minimum atomic E-state index is 0.163. The summed E-state index contributed by atoms with van der Waals surface area (Å²) >= 11 is 0. The van der Waals surface area contributed by atoms with Crippen molar-refractivity contribution >= 4 is 5.96 Å². The van der Waals surface area contributed by atoms with Crippen molar-refractivity contribution in [1.82, 2.24) is 15.5 Å². The molecule has 0 saturated carbocycles. The first-order valence-electron chi connectivity index (χ1n) is 12.1. The van der Waals surface area contributed by atoms with Crippen LogP contribution in [0, 0.1) is 12.8 Å². The van der Waals surface area contributed by atoms with E-state index in [9.17, 15) is 0 Å². The van der Waals surface area contributed by atoms with Crippen LogP contribution in [0.4, 0.5) is 0 Å². The summed E-state index contributed by atoms with van der Waals surface area (Å²) in [4.78, 5) is 7.05. The fourth-order valence-corrected chi connectivity index (χ4v) is 4.87. The number of benzene rings is 2. The van der Waals surface area contributed by atoms with Crippen LogP contribution < -0.4 is 10.6 Å². The van der Waals surface area contributed by atoms with Gasteiger partial charge in [-0.15, -0.1) is 0 Å². The van der Waals surface area contributed by atoms with Crippen LogP contribution in [0.5, 0.6) is 0 Å². The molecular formula is C27H38N4O. The molecule has 0 aromatic heterocycles. The number of likely N-dealkylation sites (tertiary alicyclic amines) is 1. The van der Waals surface area contributed by atoms with Crippen LogP contribution in [0.15, 0.2) is 59.6 Å². The van der Waals surface area contributed by atoms with Crippen LogP contribution in [0.1, 0.15) is 48.5 Å². The molecule has 2 heterocycles. The van der Waals surface area contributed by atoms with Gasteiger partial charge in [-0.1, -0.05) is 60.2 Å². The first kappa shape index (κ1) is 22.8. The monoisotopic (exact) mass is 434 g/mol. The summed E-state index contributed by atoms with van der Waals surface area (Å²) in [6.45, 7) is 7.15. The average molecular weight is 435 g/mol. The summed E-state index contributed by atoms with van der Waals surface area (Å²) in [6, 6.07) is 20.0. The lowest BCUT2D eigenvalue weighted by Crippen LogP contribution is -2.49. The largest absolute Gasteiger partial charge is 0.373 e. The molecule has 0 aliphatic carbocycles. The third kappa shape index (κ3) is 6.33. The Morgan fingerprint density at radius 3 is 2.50 bits per heavy atom. The molecule has 2 aliphatic heterocycles. The number of hydrogen-bond acceptors (Lipinski definition) is 3. The van der Waals surface area contributed by atoms with E-state index in [1.165, 1.54) is 23.1 Å². The Kier molecular flexibility index (Phi) is 8.18. The zero-order valence-electron chi connectivity index (χ0n) is 19.6. The molecule has 0 amide bonds. The molecule has 2 aliphatic rings. The van der Waals surface area contributed by atoms with Gasteiger partial charge in [-0.25, -0.2) is 0 Å². The summed E-state index contributed by atoms with van der Waals surface area (Å²) < 4.78 is 6.19. The van der Waals surface area contributed by atoms with Gasteiger partial charge in [-0.3, -0.25) is 9.89 Å². The Morgan fingerprint density at radius 1 is 1.03 bits per heavy atom. The number of guanidine groups is 1. The molecule has 0 bridgehead atoms. The van der Waals surface area contributed by atoms with Crippen molar-refractivity contribution in [2.24, 2.45) is 10.9 Å². The maximum absolute atomic E-state index is 6.19. The second kappa shape index (κ2) is 11.5. The van der Waals surface area contributed by atoms with Crippen molar-refractivity contribution in [2.75, 3.05) is 33.3 Å². The van der Waals surface area contributed by atoms with Gasteiger partial charge in [-0.2, -0.15) is 0 Å². The molecule has 32 heavy (non-hydrogen) atoms. The molecule has 2 aromatic rings. The highest BCUT2D eigenvalue weighted by molar-refractivity contribution is 5.80. The van der Waals surface area contributed by atoms with Crippen LogP contribution in [0.2, 0.25) is 0 Å². The van der Waals surface area contributed by atoms with E-state index in [0.29, 0.717) is 12.0 Å². The summed E-state index contributed by atoms with van der Waals surface area (Å²) in [6.07, 6.45) is 4.76. The highest BCUT2D eigenvalue weighted by Crippen LogP contribution is 2.33. The van der Waals surface area contributed by atoms with Gasteiger partial charge in [0, 0.05) is 51.8 Å². The molecule has 2 fully saturated rings. The molecule has 5 heteroatoms. The van der Waals surface area contributed by atoms with E-state index in [4.69, 9.17) is 4.74 Å². The predicted molar refractivity (Wildman–Crippen MR) is 132 cm³/mol. The normalized spacial score (nSPS) is 23.1. The number of piperidine rings is 1. The van der Waals surface area contributed by atoms with E-state index in [-0.39, 0.29) is 6.10 Å². The van der Waals surface area contributed by atoms with Crippen LogP contribution in [0.25, 0.3) is 0 Å². The first-order valence-corrected chi connectivity index (χ1v) is 12.1. The number of rotatable bonds is 6. The quantitative estimate of drug-likeness (QED) is 0.526. The fraction of sp³-hybridized carbons (Fsp3) is 0.519. The highest BCUT2D eigenvalue weighted by Gasteiger charge is 2.28. The summed E-state index contributed by atoms with van der Waals surface area (Å²) in [5, 5.41) is 7.26. The maximum atomic E-state index is 6.19. The molecule has 2 aromatic carbocycles. The Hall–Kier alpha value is -2.37. The van der Waals surface area contributed by atoms with E-state index in [2.05, 4.69) is 82.0 Å². The second-order valence-electron chi connectivity index (χ2n) is 9.24. The molecule has 5 nitrogen and oxygen atoms in total. The van der Waals surface area contributed by atoms with Gasteiger partial charge in [0.15, 0.2) is 5.96 Å². The van der Waals surface area contributed by atoms with Gasteiger partial charge in [0.05, 0.1) is 6.10 Å². The lowest BCUT2D eigenvalue weighted by atomic mass is 9.89. The van der Waals surface area contributed by atoms with Crippen LogP contribution in [-0.2, 0) is 11.3 Å². The Balaban J connectivity index is 1.24. The number of nitrogens with one attached hydrogen (secondary N) is 2. The zero-order chi connectivity index (χ0) is 22.2. The third-order valence-electron chi connectivity index (χ3n) is 6.78. The van der Waals surface area contributed by atoms with E-state index in [1.807, 2.05) is 7.05 Å². The van der Waals surface area contributed by atoms with Crippen molar-refractivity contribution in [2.45, 2.75) is 51.3 Å². The number of aryl methyl sites for hydroxylation is 1. The third-order valence-corrected chi connectivity index (χ3v) is 6.78. The number of nitrogens with zero attached hydrogens (tertiary/aromatic N) is 2. The van der Waals surface area contributed by atoms with Gasteiger partial charge in [0.2, 0.25) is 0 Å². The van der Waals surface area contributed by atoms with Gasteiger partial charge < -0.3 is 15.4 Å². The summed E-state index contributed by atoms with van der Waals surface area (Å²) in [5.41, 5.74) is 3.98. The molecule has 0 spiro atoms. The van der Waals surface area contributed by atoms with Crippen molar-refractivity contribution in [3.8, 4) is 0 Å². The molecular weight excluding hydrogens is 396 g/mol. The molecule has 2 unspecified atom stereocenters. The van der Waals surface area contributed by atoms with E-state index < -0.39 is 0 Å². The van der Waals surface area contributed by atoms with E-state index >= 15 is 0 Å². The number of aliphatic imine (C=N–C) groups is 1. The van der Waals surface area contributed by atoms with E-state index in [1.54, 1.807) is 0 Å². The molecule has 172 valence electrons. The minimum absolute atomic E-state index is 0.163. The second-order valence-corrected chi connectivity index (χ2v) is 9.24. The highest BCUT2D eigenvalue weighted by atomic mass is 16.5. The maximum Gasteiger partial charge on any atom is 0.191 e. The van der Waals surface area contributed by atoms with Crippen molar-refractivity contribution in [1.29, 1.82) is 0 Å². The smallest absolute Gasteiger partial charge is 0.191 e. The fourth-order valence-electron chi connectivity index (χ4n) is 4.87. The SMILES string of the molecule is CN=C(NCC1CCCOC1c1ccc(C)cc1)NC1CCN(Cc2ccccc2)CC1. The molecule has 2 atom stereocenters. The Bertz CT molecular complexity index is 844. The van der Waals surface area contributed by atoms with Crippen LogP contribution in [0.3, 0.4) is 0 Å². The van der Waals surface area contributed by atoms with Crippen LogP contribution >= 0.6 is 0 Å². The molecule has 4 rings (SSSR count). The Labute approximate surface area is 193 Å². The van der Waals surface area contributed by atoms with Gasteiger partial charge in [0.1, 0.15) is 0 Å². The summed E-state index contributed by atoms with van der Waals surface area (Å²) in [5.74, 6) is 1.37. The van der Waals surface area contributed by atoms with E-state index in [0.717, 1.165) is 58.0 Å². The number of ether oxygens (including phenoxy) is 1. The van der Waals surface area contributed by atoms with Crippen molar-refractivity contribution in [3.05, 3.63) is 71.3 Å².